The lowest BCUT2D eigenvalue weighted by atomic mass is 9.95. The van der Waals surface area contributed by atoms with Crippen molar-refractivity contribution in [3.05, 3.63) is 71.8 Å². The molecule has 0 aliphatic rings. The van der Waals surface area contributed by atoms with Gasteiger partial charge in [-0.25, -0.2) is 0 Å². The maximum absolute atomic E-state index is 13.3. The Hall–Kier alpha value is -3.68. The minimum atomic E-state index is -0.794. The van der Waals surface area contributed by atoms with Crippen LogP contribution in [0, 0.1) is 5.92 Å². The fourth-order valence-electron chi connectivity index (χ4n) is 4.02. The molecule has 0 saturated heterocycles. The van der Waals surface area contributed by atoms with Crippen LogP contribution in [0.1, 0.15) is 57.6 Å². The van der Waals surface area contributed by atoms with Crippen molar-refractivity contribution in [1.82, 2.24) is 16.0 Å². The van der Waals surface area contributed by atoms with Crippen LogP contribution >= 0.6 is 0 Å². The molecule has 206 valence electrons. The quantitative estimate of drug-likeness (QED) is 0.329. The van der Waals surface area contributed by atoms with Crippen LogP contribution in [0.3, 0.4) is 0 Å². The Morgan fingerprint density at radius 2 is 1.47 bits per heavy atom. The molecule has 0 heterocycles. The van der Waals surface area contributed by atoms with Crippen molar-refractivity contribution < 1.29 is 23.9 Å². The molecule has 8 heteroatoms. The van der Waals surface area contributed by atoms with Gasteiger partial charge in [0.05, 0.1) is 6.42 Å². The van der Waals surface area contributed by atoms with Gasteiger partial charge in [0.1, 0.15) is 11.6 Å². The molecule has 0 aliphatic heterocycles. The minimum absolute atomic E-state index is 0.107. The van der Waals surface area contributed by atoms with Crippen molar-refractivity contribution in [2.24, 2.45) is 5.92 Å². The number of hydrogen-bond acceptors (Lipinski definition) is 5. The molecule has 0 bridgehead atoms. The molecule has 0 fully saturated rings. The Morgan fingerprint density at radius 1 is 0.868 bits per heavy atom. The number of hydrogen-bond donors (Lipinski definition) is 3. The molecule has 0 spiro atoms. The second kappa shape index (κ2) is 15.5. The van der Waals surface area contributed by atoms with E-state index in [9.17, 15) is 19.2 Å². The third-order valence-corrected chi connectivity index (χ3v) is 5.90. The van der Waals surface area contributed by atoms with Gasteiger partial charge in [-0.1, -0.05) is 60.7 Å². The molecule has 38 heavy (non-hydrogen) atoms. The summed E-state index contributed by atoms with van der Waals surface area (Å²) in [6, 6.07) is 18.5. The van der Waals surface area contributed by atoms with Gasteiger partial charge in [0.2, 0.25) is 17.7 Å². The summed E-state index contributed by atoms with van der Waals surface area (Å²) in [4.78, 5) is 50.7. The number of carbonyl (C=O) groups excluding carboxylic acids is 4. The number of amides is 3. The standard InChI is InChI=1S/C30H41N3O5/c1-30(2,3)38-27(35)21-24(16-11-17-26(34)32-19-18-22-12-7-5-8-13-22)28(36)33-25(29(37)31-4)20-23-14-9-6-10-15-23/h5-10,12-15,24-25H,11,16-21H2,1-4H3,(H,31,37)(H,32,34)(H,33,36)/t24-,25+/m1/s1. The van der Waals surface area contributed by atoms with E-state index in [2.05, 4.69) is 16.0 Å². The van der Waals surface area contributed by atoms with E-state index >= 15 is 0 Å². The van der Waals surface area contributed by atoms with Gasteiger partial charge in [-0.2, -0.15) is 0 Å². The van der Waals surface area contributed by atoms with E-state index in [1.54, 1.807) is 20.8 Å². The van der Waals surface area contributed by atoms with Crippen LogP contribution in [0.25, 0.3) is 0 Å². The summed E-state index contributed by atoms with van der Waals surface area (Å²) in [5, 5.41) is 8.31. The number of esters is 1. The van der Waals surface area contributed by atoms with Gasteiger partial charge >= 0.3 is 5.97 Å². The van der Waals surface area contributed by atoms with Crippen LogP contribution in [0.4, 0.5) is 0 Å². The number of carbonyl (C=O) groups is 4. The van der Waals surface area contributed by atoms with Gasteiger partial charge in [0.25, 0.3) is 0 Å². The van der Waals surface area contributed by atoms with Gasteiger partial charge in [-0.3, -0.25) is 19.2 Å². The first-order valence-corrected chi connectivity index (χ1v) is 13.2. The highest BCUT2D eigenvalue weighted by Crippen LogP contribution is 2.18. The number of benzene rings is 2. The number of rotatable bonds is 14. The maximum Gasteiger partial charge on any atom is 0.307 e. The van der Waals surface area contributed by atoms with Gasteiger partial charge in [0, 0.05) is 32.4 Å². The van der Waals surface area contributed by atoms with Crippen molar-refractivity contribution >= 4 is 23.7 Å². The summed E-state index contributed by atoms with van der Waals surface area (Å²) in [5.41, 5.74) is 1.36. The lowest BCUT2D eigenvalue weighted by molar-refractivity contribution is -0.157. The molecule has 2 aromatic rings. The van der Waals surface area contributed by atoms with Crippen LogP contribution < -0.4 is 16.0 Å². The van der Waals surface area contributed by atoms with Crippen LogP contribution in [0.2, 0.25) is 0 Å². The van der Waals surface area contributed by atoms with E-state index in [4.69, 9.17) is 4.74 Å². The Labute approximate surface area is 225 Å². The average molecular weight is 524 g/mol. The third-order valence-electron chi connectivity index (χ3n) is 5.90. The number of ether oxygens (including phenoxy) is 1. The lowest BCUT2D eigenvalue weighted by Gasteiger charge is -2.24. The highest BCUT2D eigenvalue weighted by atomic mass is 16.6. The summed E-state index contributed by atoms with van der Waals surface area (Å²) < 4.78 is 5.43. The molecule has 0 saturated carbocycles. The Bertz CT molecular complexity index is 1030. The van der Waals surface area contributed by atoms with E-state index in [1.807, 2.05) is 60.7 Å². The van der Waals surface area contributed by atoms with Crippen LogP contribution in [0.5, 0.6) is 0 Å². The second-order valence-electron chi connectivity index (χ2n) is 10.3. The second-order valence-corrected chi connectivity index (χ2v) is 10.3. The molecule has 2 rings (SSSR count). The zero-order valence-electron chi connectivity index (χ0n) is 22.9. The van der Waals surface area contributed by atoms with E-state index in [0.29, 0.717) is 25.8 Å². The molecule has 0 aliphatic carbocycles. The number of nitrogens with one attached hydrogen (secondary N) is 3. The average Bonchev–Trinajstić information content (AvgIpc) is 2.87. The van der Waals surface area contributed by atoms with Gasteiger partial charge < -0.3 is 20.7 Å². The van der Waals surface area contributed by atoms with Crippen molar-refractivity contribution in [3.63, 3.8) is 0 Å². The Morgan fingerprint density at radius 3 is 2.05 bits per heavy atom. The molecule has 3 N–H and O–H groups in total. The fourth-order valence-corrected chi connectivity index (χ4v) is 4.02. The zero-order chi connectivity index (χ0) is 28.0. The zero-order valence-corrected chi connectivity index (χ0v) is 22.9. The van der Waals surface area contributed by atoms with Crippen molar-refractivity contribution in [3.8, 4) is 0 Å². The first kappa shape index (κ1) is 30.5. The van der Waals surface area contributed by atoms with Crippen molar-refractivity contribution in [2.75, 3.05) is 13.6 Å². The molecule has 0 radical (unpaired) electrons. The first-order chi connectivity index (χ1) is 18.1. The highest BCUT2D eigenvalue weighted by molar-refractivity contribution is 5.90. The summed E-state index contributed by atoms with van der Waals surface area (Å²) in [6.07, 6.45) is 1.87. The van der Waals surface area contributed by atoms with Crippen molar-refractivity contribution in [1.29, 1.82) is 0 Å². The van der Waals surface area contributed by atoms with E-state index in [1.165, 1.54) is 7.05 Å². The van der Waals surface area contributed by atoms with E-state index < -0.39 is 29.4 Å². The smallest absolute Gasteiger partial charge is 0.307 e. The molecule has 8 nitrogen and oxygen atoms in total. The summed E-state index contributed by atoms with van der Waals surface area (Å²) in [5.74, 6) is -2.07. The highest BCUT2D eigenvalue weighted by Gasteiger charge is 2.29. The van der Waals surface area contributed by atoms with Crippen LogP contribution in [0.15, 0.2) is 60.7 Å². The van der Waals surface area contributed by atoms with E-state index in [-0.39, 0.29) is 24.7 Å². The normalized spacial score (nSPS) is 12.6. The minimum Gasteiger partial charge on any atom is -0.460 e. The molecule has 2 atom stereocenters. The third kappa shape index (κ3) is 12.0. The summed E-state index contributed by atoms with van der Waals surface area (Å²) in [7, 11) is 1.51. The molecule has 3 amide bonds. The Kier molecular flexibility index (Phi) is 12.5. The van der Waals surface area contributed by atoms with Gasteiger partial charge in [-0.15, -0.1) is 0 Å². The topological polar surface area (TPSA) is 114 Å². The summed E-state index contributed by atoms with van der Waals surface area (Å²) in [6.45, 7) is 5.82. The molecular formula is C30H41N3O5. The molecule has 2 aromatic carbocycles. The number of likely N-dealkylation sites (N-methyl/N-ethyl adjacent to an activating group) is 1. The predicted octanol–water partition coefficient (Wildman–Crippen LogP) is 3.34. The maximum atomic E-state index is 13.3. The van der Waals surface area contributed by atoms with Crippen LogP contribution in [-0.2, 0) is 36.8 Å². The van der Waals surface area contributed by atoms with Crippen molar-refractivity contribution in [2.45, 2.75) is 70.9 Å². The molecular weight excluding hydrogens is 482 g/mol. The monoisotopic (exact) mass is 523 g/mol. The van der Waals surface area contributed by atoms with E-state index in [0.717, 1.165) is 17.5 Å². The molecule has 0 unspecified atom stereocenters. The summed E-state index contributed by atoms with van der Waals surface area (Å²) >= 11 is 0. The largest absolute Gasteiger partial charge is 0.460 e. The predicted molar refractivity (Wildman–Crippen MR) is 147 cm³/mol. The first-order valence-electron chi connectivity index (χ1n) is 13.2. The fraction of sp³-hybridized carbons (Fsp3) is 0.467. The van der Waals surface area contributed by atoms with Gasteiger partial charge in [0.15, 0.2) is 0 Å². The van der Waals surface area contributed by atoms with Gasteiger partial charge in [-0.05, 0) is 51.2 Å². The SMILES string of the molecule is CNC(=O)[C@H](Cc1ccccc1)NC(=O)[C@H](CCCC(=O)NCCc1ccccc1)CC(=O)OC(C)(C)C. The lowest BCUT2D eigenvalue weighted by Crippen LogP contribution is -2.49. The Balaban J connectivity index is 1.97. The van der Waals surface area contributed by atoms with Crippen LogP contribution in [-0.4, -0.2) is 48.9 Å². The molecule has 0 aromatic heterocycles.